The molecule has 1 aromatic carbocycles. The van der Waals surface area contributed by atoms with Crippen LogP contribution in [-0.4, -0.2) is 26.0 Å². The van der Waals surface area contributed by atoms with Crippen molar-refractivity contribution < 1.29 is 9.34 Å². The molecular weight excluding hydrogens is 366 g/mol. The highest BCUT2D eigenvalue weighted by Crippen LogP contribution is 2.32. The fourth-order valence-corrected chi connectivity index (χ4v) is 2.58. The van der Waals surface area contributed by atoms with Crippen LogP contribution in [0, 0.1) is 14.9 Å². The number of rotatable bonds is 5. The van der Waals surface area contributed by atoms with Gasteiger partial charge in [0, 0.05) is 24.1 Å². The maximum absolute atomic E-state index is 10.9. The molecule has 3 aromatic rings. The highest BCUT2D eigenvalue weighted by molar-refractivity contribution is 7.71. The average molecular weight is 378 g/mol. The molecule has 0 radical (unpaired) electrons. The SMILES string of the molecule is CCc1n[nH]c(=S)n1/N=C\c1ccc(-c2cc([N+](=O)[O-])ccc2Cl)o1. The van der Waals surface area contributed by atoms with Gasteiger partial charge in [0.05, 0.1) is 16.2 Å². The van der Waals surface area contributed by atoms with Crippen LogP contribution in [0.3, 0.4) is 0 Å². The van der Waals surface area contributed by atoms with Crippen molar-refractivity contribution in [3.8, 4) is 11.3 Å². The van der Waals surface area contributed by atoms with Crippen molar-refractivity contribution in [1.29, 1.82) is 0 Å². The molecule has 2 aromatic heterocycles. The summed E-state index contributed by atoms with van der Waals surface area (Å²) in [6.45, 7) is 1.94. The zero-order valence-corrected chi connectivity index (χ0v) is 14.5. The third-order valence-corrected chi connectivity index (χ3v) is 3.98. The summed E-state index contributed by atoms with van der Waals surface area (Å²) < 4.78 is 7.54. The highest BCUT2D eigenvalue weighted by atomic mass is 35.5. The summed E-state index contributed by atoms with van der Waals surface area (Å²) in [4.78, 5) is 10.4. The molecule has 0 fully saturated rings. The number of nitro benzene ring substituents is 1. The third-order valence-electron chi connectivity index (χ3n) is 3.39. The molecule has 0 spiro atoms. The van der Waals surface area contributed by atoms with E-state index in [4.69, 9.17) is 28.2 Å². The predicted octanol–water partition coefficient (Wildman–Crippen LogP) is 4.21. The van der Waals surface area contributed by atoms with E-state index in [9.17, 15) is 10.1 Å². The van der Waals surface area contributed by atoms with Gasteiger partial charge in [0.25, 0.3) is 5.69 Å². The van der Waals surface area contributed by atoms with E-state index in [1.54, 1.807) is 12.1 Å². The van der Waals surface area contributed by atoms with Crippen LogP contribution in [0.25, 0.3) is 11.3 Å². The lowest BCUT2D eigenvalue weighted by atomic mass is 10.1. The fourth-order valence-electron chi connectivity index (χ4n) is 2.17. The molecule has 128 valence electrons. The van der Waals surface area contributed by atoms with Gasteiger partial charge < -0.3 is 4.42 Å². The van der Waals surface area contributed by atoms with Crippen molar-refractivity contribution in [1.82, 2.24) is 14.9 Å². The van der Waals surface area contributed by atoms with E-state index in [-0.39, 0.29) is 5.69 Å². The molecule has 0 aliphatic carbocycles. The first-order valence-corrected chi connectivity index (χ1v) is 8.03. The van der Waals surface area contributed by atoms with E-state index < -0.39 is 4.92 Å². The van der Waals surface area contributed by atoms with Gasteiger partial charge in [-0.1, -0.05) is 18.5 Å². The van der Waals surface area contributed by atoms with Crippen LogP contribution >= 0.6 is 23.8 Å². The van der Waals surface area contributed by atoms with Crippen LogP contribution in [0.15, 0.2) is 39.9 Å². The van der Waals surface area contributed by atoms with Crippen molar-refractivity contribution in [2.75, 3.05) is 0 Å². The second-order valence-corrected chi connectivity index (χ2v) is 5.77. The number of non-ortho nitro benzene ring substituents is 1. The molecule has 0 amide bonds. The number of nitrogens with zero attached hydrogens (tertiary/aromatic N) is 4. The van der Waals surface area contributed by atoms with E-state index in [1.165, 1.54) is 29.1 Å². The predicted molar refractivity (Wildman–Crippen MR) is 95.6 cm³/mol. The number of aromatic nitrogens is 3. The molecule has 0 atom stereocenters. The van der Waals surface area contributed by atoms with Crippen LogP contribution < -0.4 is 0 Å². The summed E-state index contributed by atoms with van der Waals surface area (Å²) in [6.07, 6.45) is 2.15. The number of aryl methyl sites for hydroxylation is 1. The van der Waals surface area contributed by atoms with Gasteiger partial charge in [-0.15, -0.1) is 0 Å². The number of nitro groups is 1. The number of halogens is 1. The first-order chi connectivity index (χ1) is 12.0. The standard InChI is InChI=1S/C15H12ClN5O3S/c1-2-14-18-19-15(25)20(14)17-8-10-4-6-13(24-10)11-7-9(21(22)23)3-5-12(11)16/h3-8H,2H2,1H3,(H,19,25)/b17-8-. The largest absolute Gasteiger partial charge is 0.455 e. The van der Waals surface area contributed by atoms with E-state index in [1.807, 2.05) is 6.92 Å². The van der Waals surface area contributed by atoms with Crippen molar-refractivity contribution >= 4 is 35.7 Å². The number of nitrogens with one attached hydrogen (secondary N) is 1. The monoisotopic (exact) mass is 377 g/mol. The van der Waals surface area contributed by atoms with Gasteiger partial charge in [0.2, 0.25) is 4.77 Å². The Kier molecular flexibility index (Phi) is 4.77. The Balaban J connectivity index is 1.92. The molecule has 1 N–H and O–H groups in total. The van der Waals surface area contributed by atoms with Crippen LogP contribution in [-0.2, 0) is 6.42 Å². The average Bonchev–Trinajstić information content (AvgIpc) is 3.19. The topological polar surface area (TPSA) is 102 Å². The van der Waals surface area contributed by atoms with Gasteiger partial charge in [-0.2, -0.15) is 14.9 Å². The Morgan fingerprint density at radius 1 is 1.48 bits per heavy atom. The molecule has 10 heteroatoms. The third kappa shape index (κ3) is 3.52. The van der Waals surface area contributed by atoms with Crippen molar-refractivity contribution in [2.24, 2.45) is 5.10 Å². The maximum atomic E-state index is 10.9. The lowest BCUT2D eigenvalue weighted by molar-refractivity contribution is -0.384. The van der Waals surface area contributed by atoms with Crippen LogP contribution in [0.5, 0.6) is 0 Å². The minimum Gasteiger partial charge on any atom is -0.455 e. The van der Waals surface area contributed by atoms with Crippen LogP contribution in [0.2, 0.25) is 5.02 Å². The molecule has 0 saturated heterocycles. The normalized spacial score (nSPS) is 11.3. The molecule has 8 nitrogen and oxygen atoms in total. The Morgan fingerprint density at radius 2 is 2.28 bits per heavy atom. The van der Waals surface area contributed by atoms with E-state index >= 15 is 0 Å². The van der Waals surface area contributed by atoms with Gasteiger partial charge >= 0.3 is 0 Å². The maximum Gasteiger partial charge on any atom is 0.270 e. The van der Waals surface area contributed by atoms with Crippen LogP contribution in [0.4, 0.5) is 5.69 Å². The fraction of sp³-hybridized carbons (Fsp3) is 0.133. The number of benzene rings is 1. The molecule has 25 heavy (non-hydrogen) atoms. The minimum atomic E-state index is -0.488. The van der Waals surface area contributed by atoms with Crippen molar-refractivity contribution in [2.45, 2.75) is 13.3 Å². The van der Waals surface area contributed by atoms with Crippen molar-refractivity contribution in [3.63, 3.8) is 0 Å². The molecule has 0 aliphatic rings. The summed E-state index contributed by atoms with van der Waals surface area (Å²) in [5.41, 5.74) is 0.369. The molecular formula is C15H12ClN5O3S. The first-order valence-electron chi connectivity index (χ1n) is 7.24. The lowest BCUT2D eigenvalue weighted by Gasteiger charge is -2.00. The molecule has 0 aliphatic heterocycles. The van der Waals surface area contributed by atoms with Gasteiger partial charge in [0.15, 0.2) is 5.82 Å². The zero-order valence-electron chi connectivity index (χ0n) is 13.0. The molecule has 3 rings (SSSR count). The number of hydrogen-bond acceptors (Lipinski definition) is 6. The molecule has 2 heterocycles. The van der Waals surface area contributed by atoms with E-state index in [2.05, 4.69) is 15.3 Å². The molecule has 0 saturated carbocycles. The Bertz CT molecular complexity index is 1020. The second-order valence-electron chi connectivity index (χ2n) is 4.98. The van der Waals surface area contributed by atoms with Gasteiger partial charge in [-0.3, -0.25) is 15.2 Å². The van der Waals surface area contributed by atoms with Crippen LogP contribution in [0.1, 0.15) is 18.5 Å². The minimum absolute atomic E-state index is 0.0664. The summed E-state index contributed by atoms with van der Waals surface area (Å²) in [6, 6.07) is 7.52. The lowest BCUT2D eigenvalue weighted by Crippen LogP contribution is -1.96. The van der Waals surface area contributed by atoms with Crippen molar-refractivity contribution in [3.05, 3.63) is 61.8 Å². The Morgan fingerprint density at radius 3 is 3.00 bits per heavy atom. The zero-order chi connectivity index (χ0) is 18.0. The van der Waals surface area contributed by atoms with Gasteiger partial charge in [-0.25, -0.2) is 0 Å². The number of aromatic amines is 1. The van der Waals surface area contributed by atoms with E-state index in [0.717, 1.165) is 0 Å². The smallest absolute Gasteiger partial charge is 0.270 e. The highest BCUT2D eigenvalue weighted by Gasteiger charge is 2.14. The summed E-state index contributed by atoms with van der Waals surface area (Å²) in [7, 11) is 0. The molecule has 0 bridgehead atoms. The Hall–Kier alpha value is -2.78. The second kappa shape index (κ2) is 6.99. The summed E-state index contributed by atoms with van der Waals surface area (Å²) in [5, 5.41) is 22.2. The summed E-state index contributed by atoms with van der Waals surface area (Å²) >= 11 is 11.2. The van der Waals surface area contributed by atoms with Gasteiger partial charge in [-0.05, 0) is 30.4 Å². The quantitative estimate of drug-likeness (QED) is 0.310. The Labute approximate surface area is 151 Å². The first kappa shape index (κ1) is 17.1. The number of H-pyrrole nitrogens is 1. The summed E-state index contributed by atoms with van der Waals surface area (Å²) in [5.74, 6) is 1.54. The van der Waals surface area contributed by atoms with Gasteiger partial charge in [0.1, 0.15) is 11.5 Å². The van der Waals surface area contributed by atoms with E-state index in [0.29, 0.717) is 39.1 Å². The molecule has 0 unspecified atom stereocenters. The number of furan rings is 1. The number of hydrogen-bond donors (Lipinski definition) is 1.